The van der Waals surface area contributed by atoms with Gasteiger partial charge in [0.15, 0.2) is 5.13 Å². The molecule has 0 saturated carbocycles. The molecule has 3 rings (SSSR count). The molecule has 138 valence electrons. The lowest BCUT2D eigenvalue weighted by molar-refractivity contribution is -0.111. The zero-order chi connectivity index (χ0) is 19.2. The summed E-state index contributed by atoms with van der Waals surface area (Å²) < 4.78 is 13.0. The average Bonchev–Trinajstić information content (AvgIpc) is 3.09. The predicted molar refractivity (Wildman–Crippen MR) is 110 cm³/mol. The average molecular weight is 380 g/mol. The first-order valence-corrected chi connectivity index (χ1v) is 9.59. The summed E-state index contributed by atoms with van der Waals surface area (Å²) in [6.45, 7) is 4.30. The highest BCUT2D eigenvalue weighted by molar-refractivity contribution is 7.15. The summed E-state index contributed by atoms with van der Waals surface area (Å²) in [5.41, 5.74) is 3.25. The highest BCUT2D eigenvalue weighted by Gasteiger charge is 2.06. The van der Waals surface area contributed by atoms with Gasteiger partial charge in [-0.3, -0.25) is 10.1 Å². The third-order valence-corrected chi connectivity index (χ3v) is 5.02. The van der Waals surface area contributed by atoms with E-state index in [1.165, 1.54) is 35.1 Å². The molecular weight excluding hydrogens is 359 g/mol. The van der Waals surface area contributed by atoms with Crippen LogP contribution < -0.4 is 5.32 Å². The van der Waals surface area contributed by atoms with Crippen molar-refractivity contribution < 1.29 is 9.18 Å². The minimum absolute atomic E-state index is 0.217. The maximum absolute atomic E-state index is 13.0. The lowest BCUT2D eigenvalue weighted by atomic mass is 10.0. The number of hydrogen-bond donors (Lipinski definition) is 1. The molecule has 0 radical (unpaired) electrons. The summed E-state index contributed by atoms with van der Waals surface area (Å²) in [6.07, 6.45) is 5.68. The second kappa shape index (κ2) is 8.73. The first-order chi connectivity index (χ1) is 13.0. The number of thiazole rings is 1. The van der Waals surface area contributed by atoms with E-state index < -0.39 is 0 Å². The van der Waals surface area contributed by atoms with Gasteiger partial charge in [0.25, 0.3) is 0 Å². The Hall–Kier alpha value is -2.79. The zero-order valence-electron chi connectivity index (χ0n) is 15.3. The van der Waals surface area contributed by atoms with E-state index in [0.717, 1.165) is 16.0 Å². The molecule has 0 spiro atoms. The zero-order valence-corrected chi connectivity index (χ0v) is 16.1. The minimum Gasteiger partial charge on any atom is -0.298 e. The van der Waals surface area contributed by atoms with Crippen LogP contribution in [0.25, 0.3) is 6.08 Å². The number of anilines is 1. The van der Waals surface area contributed by atoms with E-state index >= 15 is 0 Å². The van der Waals surface area contributed by atoms with Crippen molar-refractivity contribution in [2.45, 2.75) is 26.2 Å². The van der Waals surface area contributed by atoms with Gasteiger partial charge < -0.3 is 0 Å². The molecule has 0 fully saturated rings. The number of aromatic nitrogens is 1. The molecule has 1 aromatic heterocycles. The third-order valence-electron chi connectivity index (χ3n) is 4.11. The molecule has 0 atom stereocenters. The highest BCUT2D eigenvalue weighted by atomic mass is 32.1. The fourth-order valence-electron chi connectivity index (χ4n) is 2.56. The molecule has 1 N–H and O–H groups in total. The van der Waals surface area contributed by atoms with Crippen LogP contribution in [0.1, 0.15) is 41.3 Å². The van der Waals surface area contributed by atoms with Gasteiger partial charge >= 0.3 is 0 Å². The molecule has 0 bridgehead atoms. The van der Waals surface area contributed by atoms with Crippen molar-refractivity contribution >= 4 is 28.5 Å². The Morgan fingerprint density at radius 2 is 1.85 bits per heavy atom. The fraction of sp³-hybridized carbons (Fsp3) is 0.182. The van der Waals surface area contributed by atoms with Crippen LogP contribution in [-0.4, -0.2) is 10.9 Å². The van der Waals surface area contributed by atoms with Crippen LogP contribution in [0.3, 0.4) is 0 Å². The van der Waals surface area contributed by atoms with E-state index in [4.69, 9.17) is 0 Å². The molecule has 1 amide bonds. The molecule has 0 aliphatic heterocycles. The Bertz CT molecular complexity index is 928. The number of benzene rings is 2. The van der Waals surface area contributed by atoms with Gasteiger partial charge in [-0.25, -0.2) is 9.37 Å². The lowest BCUT2D eigenvalue weighted by Crippen LogP contribution is -2.07. The molecule has 3 nitrogen and oxygen atoms in total. The molecule has 5 heteroatoms. The second-order valence-corrected chi connectivity index (χ2v) is 7.69. The van der Waals surface area contributed by atoms with Crippen LogP contribution in [-0.2, 0) is 11.2 Å². The Balaban J connectivity index is 1.56. The Labute approximate surface area is 162 Å². The number of carbonyl (C=O) groups is 1. The Kier molecular flexibility index (Phi) is 6.14. The van der Waals surface area contributed by atoms with Gasteiger partial charge in [-0.05, 0) is 40.8 Å². The van der Waals surface area contributed by atoms with Gasteiger partial charge in [-0.1, -0.05) is 50.2 Å². The number of carbonyl (C=O) groups excluding carboxylic acids is 1. The standard InChI is InChI=1S/C22H21FN2OS/c1-15(2)18-8-3-16(4-9-18)7-12-21(26)25-22-24-14-20(27-22)13-17-5-10-19(23)11-6-17/h3-12,14-15H,13H2,1-2H3,(H,24,25,26)/b12-7-. The van der Waals surface area contributed by atoms with Gasteiger partial charge in [0.2, 0.25) is 5.91 Å². The molecular formula is C22H21FN2OS. The van der Waals surface area contributed by atoms with Crippen LogP contribution in [0.15, 0.2) is 60.8 Å². The van der Waals surface area contributed by atoms with Crippen molar-refractivity contribution in [2.75, 3.05) is 5.32 Å². The van der Waals surface area contributed by atoms with E-state index in [9.17, 15) is 9.18 Å². The first kappa shape index (κ1) is 19.0. The SMILES string of the molecule is CC(C)c1ccc(/C=C\C(=O)Nc2ncc(Cc3ccc(F)cc3)s2)cc1. The monoisotopic (exact) mass is 380 g/mol. The fourth-order valence-corrected chi connectivity index (χ4v) is 3.41. The van der Waals surface area contributed by atoms with Gasteiger partial charge in [-0.2, -0.15) is 0 Å². The first-order valence-electron chi connectivity index (χ1n) is 8.78. The van der Waals surface area contributed by atoms with Gasteiger partial charge in [0, 0.05) is 23.6 Å². The van der Waals surface area contributed by atoms with Crippen molar-refractivity contribution in [3.63, 3.8) is 0 Å². The highest BCUT2D eigenvalue weighted by Crippen LogP contribution is 2.21. The quantitative estimate of drug-likeness (QED) is 0.562. The van der Waals surface area contributed by atoms with Crippen LogP contribution in [0, 0.1) is 5.82 Å². The van der Waals surface area contributed by atoms with Crippen LogP contribution in [0.4, 0.5) is 9.52 Å². The van der Waals surface area contributed by atoms with Crippen LogP contribution in [0.2, 0.25) is 0 Å². The molecule has 2 aromatic carbocycles. The number of amides is 1. The van der Waals surface area contributed by atoms with Crippen LogP contribution >= 0.6 is 11.3 Å². The normalized spacial score (nSPS) is 11.3. The van der Waals surface area contributed by atoms with Crippen molar-refractivity contribution in [1.29, 1.82) is 0 Å². The summed E-state index contributed by atoms with van der Waals surface area (Å²) >= 11 is 1.42. The van der Waals surface area contributed by atoms with E-state index in [1.807, 2.05) is 12.1 Å². The molecule has 0 unspecified atom stereocenters. The molecule has 27 heavy (non-hydrogen) atoms. The van der Waals surface area contributed by atoms with Crippen LogP contribution in [0.5, 0.6) is 0 Å². The number of rotatable bonds is 6. The second-order valence-electron chi connectivity index (χ2n) is 6.58. The summed E-state index contributed by atoms with van der Waals surface area (Å²) in [4.78, 5) is 17.3. The smallest absolute Gasteiger partial charge is 0.250 e. The number of nitrogens with zero attached hydrogens (tertiary/aromatic N) is 1. The largest absolute Gasteiger partial charge is 0.298 e. The molecule has 1 heterocycles. The van der Waals surface area contributed by atoms with E-state index in [2.05, 4.69) is 36.3 Å². The molecule has 0 aliphatic rings. The summed E-state index contributed by atoms with van der Waals surface area (Å²) in [5.74, 6) is 0.0209. The summed E-state index contributed by atoms with van der Waals surface area (Å²) in [7, 11) is 0. The summed E-state index contributed by atoms with van der Waals surface area (Å²) in [5, 5.41) is 3.33. The van der Waals surface area contributed by atoms with Crippen molar-refractivity contribution in [3.8, 4) is 0 Å². The minimum atomic E-state index is -0.248. The Morgan fingerprint density at radius 3 is 2.52 bits per heavy atom. The number of halogens is 1. The van der Waals surface area contributed by atoms with Gasteiger partial charge in [-0.15, -0.1) is 11.3 Å². The number of hydrogen-bond acceptors (Lipinski definition) is 3. The van der Waals surface area contributed by atoms with E-state index in [1.54, 1.807) is 24.4 Å². The van der Waals surface area contributed by atoms with Gasteiger partial charge in [0.05, 0.1) is 0 Å². The lowest BCUT2D eigenvalue weighted by Gasteiger charge is -2.04. The van der Waals surface area contributed by atoms with E-state index in [-0.39, 0.29) is 11.7 Å². The van der Waals surface area contributed by atoms with E-state index in [0.29, 0.717) is 17.5 Å². The molecule has 0 aliphatic carbocycles. The molecule has 0 saturated heterocycles. The molecule has 3 aromatic rings. The number of nitrogens with one attached hydrogen (secondary N) is 1. The maximum atomic E-state index is 13.0. The van der Waals surface area contributed by atoms with Crippen molar-refractivity contribution in [2.24, 2.45) is 0 Å². The van der Waals surface area contributed by atoms with Gasteiger partial charge in [0.1, 0.15) is 5.82 Å². The maximum Gasteiger partial charge on any atom is 0.250 e. The van der Waals surface area contributed by atoms with Crippen molar-refractivity contribution in [3.05, 3.63) is 88.2 Å². The topological polar surface area (TPSA) is 42.0 Å². The predicted octanol–water partition coefficient (Wildman–Crippen LogP) is 5.65. The summed E-state index contributed by atoms with van der Waals surface area (Å²) in [6, 6.07) is 14.5. The Morgan fingerprint density at radius 1 is 1.15 bits per heavy atom. The third kappa shape index (κ3) is 5.59. The van der Waals surface area contributed by atoms with Crippen molar-refractivity contribution in [1.82, 2.24) is 4.98 Å².